The van der Waals surface area contributed by atoms with Crippen LogP contribution in [0.5, 0.6) is 17.2 Å². The van der Waals surface area contributed by atoms with Crippen LogP contribution < -0.4 is 20.1 Å². The van der Waals surface area contributed by atoms with E-state index in [0.29, 0.717) is 32.1 Å². The largest absolute Gasteiger partial charge is 0.494 e. The van der Waals surface area contributed by atoms with Crippen LogP contribution in [0.3, 0.4) is 0 Å². The van der Waals surface area contributed by atoms with Crippen molar-refractivity contribution in [1.82, 2.24) is 19.8 Å². The molecule has 0 atom stereocenters. The highest BCUT2D eigenvalue weighted by molar-refractivity contribution is 5.93. The number of benzene rings is 4. The molecule has 1 amide bonds. The molecule has 0 spiro atoms. The number of aromatic nitrogens is 4. The Hall–Kier alpha value is -5.78. The lowest BCUT2D eigenvalue weighted by molar-refractivity contribution is 0.0472. The zero-order chi connectivity index (χ0) is 30.3. The lowest BCUT2D eigenvalue weighted by Gasteiger charge is -2.20. The first-order valence-electron chi connectivity index (χ1n) is 13.2. The molecule has 0 N–H and O–H groups in total. The van der Waals surface area contributed by atoms with Gasteiger partial charge in [-0.05, 0) is 71.4 Å². The number of methoxy groups -OCH3 is 1. The average Bonchev–Trinajstić information content (AvgIpc) is 3.41. The maximum Gasteiger partial charge on any atom is 0.377 e. The van der Waals surface area contributed by atoms with E-state index in [2.05, 4.69) is 10.4 Å². The first-order valence-corrected chi connectivity index (χ1v) is 13.2. The van der Waals surface area contributed by atoms with E-state index in [9.17, 15) is 18.8 Å². The lowest BCUT2D eigenvalue weighted by Crippen LogP contribution is -2.41. The number of hydrogen-bond acceptors (Lipinski definition) is 8. The Labute approximate surface area is 245 Å². The van der Waals surface area contributed by atoms with Gasteiger partial charge in [0.15, 0.2) is 5.82 Å². The van der Waals surface area contributed by atoms with Crippen LogP contribution in [0.4, 0.5) is 14.9 Å². The molecule has 0 aliphatic carbocycles. The molecule has 11 nitrogen and oxygen atoms in total. The predicted molar refractivity (Wildman–Crippen MR) is 154 cm³/mol. The Morgan fingerprint density at radius 2 is 1.63 bits per heavy atom. The van der Waals surface area contributed by atoms with Crippen LogP contribution in [0.2, 0.25) is 0 Å². The summed E-state index contributed by atoms with van der Waals surface area (Å²) in [7, 11) is 1.32. The Morgan fingerprint density at radius 1 is 0.884 bits per heavy atom. The van der Waals surface area contributed by atoms with Gasteiger partial charge >= 0.3 is 17.7 Å². The van der Waals surface area contributed by atoms with Gasteiger partial charge in [-0.25, -0.2) is 18.8 Å². The summed E-state index contributed by atoms with van der Waals surface area (Å²) in [4.78, 5) is 40.1. The van der Waals surface area contributed by atoms with Crippen molar-refractivity contribution in [2.45, 2.75) is 13.5 Å². The van der Waals surface area contributed by atoms with Crippen molar-refractivity contribution in [3.8, 4) is 22.9 Å². The second kappa shape index (κ2) is 12.8. The van der Waals surface area contributed by atoms with Gasteiger partial charge < -0.3 is 14.2 Å². The van der Waals surface area contributed by atoms with E-state index in [1.807, 2.05) is 30.3 Å². The zero-order valence-electron chi connectivity index (χ0n) is 23.2. The normalized spacial score (nSPS) is 10.7. The van der Waals surface area contributed by atoms with Crippen LogP contribution in [0.25, 0.3) is 5.69 Å². The molecule has 5 aromatic rings. The van der Waals surface area contributed by atoms with Gasteiger partial charge in [0.25, 0.3) is 0 Å². The maximum atomic E-state index is 14.5. The fourth-order valence-electron chi connectivity index (χ4n) is 4.23. The number of esters is 1. The Bertz CT molecular complexity index is 1800. The quantitative estimate of drug-likeness (QED) is 0.171. The standard InChI is InChI=1S/C31H26FN5O6/c1-3-35(30(39)37-31(40)36(33-34-37)28-26(32)13-8-14-27(28)41-2)23-11-7-12-25(19-23)43-24-17-15-22(16-18-24)29(38)42-20-21-9-5-4-6-10-21/h4-19H,3,20H2,1-2H3. The molecule has 1 aromatic heterocycles. The van der Waals surface area contributed by atoms with Gasteiger partial charge in [-0.2, -0.15) is 4.68 Å². The molecule has 218 valence electrons. The van der Waals surface area contributed by atoms with E-state index in [1.54, 1.807) is 55.5 Å². The molecular weight excluding hydrogens is 557 g/mol. The molecule has 0 fully saturated rings. The highest BCUT2D eigenvalue weighted by Crippen LogP contribution is 2.27. The van der Waals surface area contributed by atoms with Crippen LogP contribution >= 0.6 is 0 Å². The van der Waals surface area contributed by atoms with E-state index < -0.39 is 23.5 Å². The zero-order valence-corrected chi connectivity index (χ0v) is 23.2. The number of tetrazole rings is 1. The van der Waals surface area contributed by atoms with Gasteiger partial charge in [0.1, 0.15) is 29.5 Å². The van der Waals surface area contributed by atoms with Gasteiger partial charge in [0.2, 0.25) is 0 Å². The molecule has 0 unspecified atom stereocenters. The van der Waals surface area contributed by atoms with E-state index in [1.165, 1.54) is 24.1 Å². The van der Waals surface area contributed by atoms with Crippen LogP contribution in [-0.2, 0) is 11.3 Å². The summed E-state index contributed by atoms with van der Waals surface area (Å²) in [6.45, 7) is 2.05. The number of anilines is 1. The number of rotatable bonds is 9. The Kier molecular flexibility index (Phi) is 8.56. The SMILES string of the molecule is CCN(C(=O)n1nnn(-c2c(F)cccc2OC)c1=O)c1cccc(Oc2ccc(C(=O)OCc3ccccc3)cc2)c1. The minimum absolute atomic E-state index is 0.0518. The van der Waals surface area contributed by atoms with Crippen molar-refractivity contribution in [2.24, 2.45) is 0 Å². The van der Waals surface area contributed by atoms with Crippen LogP contribution in [0.15, 0.2) is 102 Å². The van der Waals surface area contributed by atoms with Crippen molar-refractivity contribution in [1.29, 1.82) is 0 Å². The lowest BCUT2D eigenvalue weighted by atomic mass is 10.2. The van der Waals surface area contributed by atoms with Crippen molar-refractivity contribution < 1.29 is 28.2 Å². The van der Waals surface area contributed by atoms with Gasteiger partial charge in [0.05, 0.1) is 12.7 Å². The third-order valence-corrected chi connectivity index (χ3v) is 6.36. The molecule has 0 aliphatic rings. The fraction of sp³-hybridized carbons (Fsp3) is 0.129. The summed E-state index contributed by atoms with van der Waals surface area (Å²) in [6, 6.07) is 25.7. The summed E-state index contributed by atoms with van der Waals surface area (Å²) in [5.41, 5.74) is 0.432. The topological polar surface area (TPSA) is 118 Å². The molecule has 0 bridgehead atoms. The van der Waals surface area contributed by atoms with Crippen molar-refractivity contribution >= 4 is 17.7 Å². The molecule has 0 saturated carbocycles. The molecule has 0 radical (unpaired) electrons. The second-order valence-electron chi connectivity index (χ2n) is 9.09. The predicted octanol–water partition coefficient (Wildman–Crippen LogP) is 5.22. The fourth-order valence-corrected chi connectivity index (χ4v) is 4.23. The molecule has 1 heterocycles. The van der Waals surface area contributed by atoms with Gasteiger partial charge in [-0.3, -0.25) is 4.90 Å². The monoisotopic (exact) mass is 583 g/mol. The van der Waals surface area contributed by atoms with Crippen LogP contribution in [0, 0.1) is 5.82 Å². The number of halogens is 1. The first-order chi connectivity index (χ1) is 20.9. The van der Waals surface area contributed by atoms with E-state index in [-0.39, 0.29) is 24.6 Å². The Morgan fingerprint density at radius 3 is 2.35 bits per heavy atom. The first kappa shape index (κ1) is 28.7. The molecule has 4 aromatic carbocycles. The van der Waals surface area contributed by atoms with E-state index in [0.717, 1.165) is 11.6 Å². The van der Waals surface area contributed by atoms with Crippen molar-refractivity contribution in [2.75, 3.05) is 18.6 Å². The highest BCUT2D eigenvalue weighted by Gasteiger charge is 2.25. The molecular formula is C31H26FN5O6. The van der Waals surface area contributed by atoms with Gasteiger partial charge in [0, 0.05) is 18.3 Å². The summed E-state index contributed by atoms with van der Waals surface area (Å²) in [5, 5.41) is 7.38. The second-order valence-corrected chi connectivity index (χ2v) is 9.09. The molecule has 5 rings (SSSR count). The minimum Gasteiger partial charge on any atom is -0.494 e. The highest BCUT2D eigenvalue weighted by atomic mass is 19.1. The summed E-state index contributed by atoms with van der Waals surface area (Å²) < 4.78 is 32.2. The van der Waals surface area contributed by atoms with Gasteiger partial charge in [-0.15, -0.1) is 4.68 Å². The Balaban J connectivity index is 1.30. The number of carbonyl (C=O) groups excluding carboxylic acids is 2. The summed E-state index contributed by atoms with van der Waals surface area (Å²) >= 11 is 0. The third-order valence-electron chi connectivity index (χ3n) is 6.36. The number of amides is 1. The van der Waals surface area contributed by atoms with Gasteiger partial charge in [-0.1, -0.05) is 42.5 Å². The third kappa shape index (κ3) is 6.27. The molecule has 0 saturated heterocycles. The summed E-state index contributed by atoms with van der Waals surface area (Å²) in [5.74, 6) is -0.333. The smallest absolute Gasteiger partial charge is 0.377 e. The maximum absolute atomic E-state index is 14.5. The minimum atomic E-state index is -0.971. The van der Waals surface area contributed by atoms with Crippen LogP contribution in [0.1, 0.15) is 22.8 Å². The average molecular weight is 584 g/mol. The summed E-state index contributed by atoms with van der Waals surface area (Å²) in [6.07, 6.45) is 0. The number of nitrogens with zero attached hydrogens (tertiary/aromatic N) is 5. The van der Waals surface area contributed by atoms with Crippen molar-refractivity contribution in [3.63, 3.8) is 0 Å². The number of ether oxygens (including phenoxy) is 3. The molecule has 12 heteroatoms. The van der Waals surface area contributed by atoms with Crippen molar-refractivity contribution in [3.05, 3.63) is 124 Å². The number of carbonyl (C=O) groups is 2. The molecule has 0 aliphatic heterocycles. The molecule has 43 heavy (non-hydrogen) atoms. The van der Waals surface area contributed by atoms with Crippen LogP contribution in [-0.4, -0.2) is 45.4 Å². The number of hydrogen-bond donors (Lipinski definition) is 0. The van der Waals surface area contributed by atoms with E-state index in [4.69, 9.17) is 14.2 Å². The number of para-hydroxylation sites is 1. The van der Waals surface area contributed by atoms with E-state index >= 15 is 0 Å².